The van der Waals surface area contributed by atoms with Gasteiger partial charge >= 0.3 is 0 Å². The highest BCUT2D eigenvalue weighted by molar-refractivity contribution is 5.81. The first-order valence-electron chi connectivity index (χ1n) is 11.0. The van der Waals surface area contributed by atoms with Gasteiger partial charge in [-0.2, -0.15) is 5.26 Å². The van der Waals surface area contributed by atoms with Crippen molar-refractivity contribution in [3.8, 4) is 6.07 Å². The van der Waals surface area contributed by atoms with E-state index in [1.54, 1.807) is 6.07 Å². The Labute approximate surface area is 180 Å². The number of piperidine rings is 1. The fourth-order valence-corrected chi connectivity index (χ4v) is 4.72. The van der Waals surface area contributed by atoms with Crippen LogP contribution in [0.25, 0.3) is 21.9 Å². The van der Waals surface area contributed by atoms with Gasteiger partial charge in [0.1, 0.15) is 5.82 Å². The molecule has 6 heteroatoms. The molecule has 0 aliphatic carbocycles. The summed E-state index contributed by atoms with van der Waals surface area (Å²) in [6.07, 6.45) is 6.48. The number of halogens is 1. The summed E-state index contributed by atoms with van der Waals surface area (Å²) in [5.74, 6) is 0.0898. The summed E-state index contributed by atoms with van der Waals surface area (Å²) in [5.41, 5.74) is 3.36. The van der Waals surface area contributed by atoms with E-state index in [0.29, 0.717) is 17.1 Å². The average Bonchev–Trinajstić information content (AvgIpc) is 3.40. The normalized spacial score (nSPS) is 15.6. The molecule has 5 rings (SSSR count). The molecule has 0 unspecified atom stereocenters. The van der Waals surface area contributed by atoms with Crippen LogP contribution in [-0.2, 0) is 6.54 Å². The minimum Gasteiger partial charge on any atom is -0.356 e. The summed E-state index contributed by atoms with van der Waals surface area (Å²) in [6, 6.07) is 14.9. The molecule has 1 aliphatic rings. The molecule has 0 bridgehead atoms. The summed E-state index contributed by atoms with van der Waals surface area (Å²) in [5, 5.41) is 15.5. The third-order valence-electron chi connectivity index (χ3n) is 6.46. The highest BCUT2D eigenvalue weighted by Crippen LogP contribution is 2.32. The maximum absolute atomic E-state index is 13.4. The summed E-state index contributed by atoms with van der Waals surface area (Å²) in [4.78, 5) is 2.53. The molecule has 1 fully saturated rings. The van der Waals surface area contributed by atoms with E-state index < -0.39 is 0 Å². The lowest BCUT2D eigenvalue weighted by Crippen LogP contribution is -2.33. The van der Waals surface area contributed by atoms with E-state index in [0.717, 1.165) is 68.5 Å². The quantitative estimate of drug-likeness (QED) is 0.392. The van der Waals surface area contributed by atoms with E-state index in [1.165, 1.54) is 17.5 Å². The van der Waals surface area contributed by atoms with Crippen LogP contribution in [0, 0.1) is 17.1 Å². The van der Waals surface area contributed by atoms with Gasteiger partial charge in [-0.3, -0.25) is 0 Å². The lowest BCUT2D eigenvalue weighted by Gasteiger charge is -2.31. The van der Waals surface area contributed by atoms with Crippen molar-refractivity contribution in [1.82, 2.24) is 14.6 Å². The molecular formula is C25H25FN4O. The molecule has 0 saturated carbocycles. The van der Waals surface area contributed by atoms with Crippen molar-refractivity contribution in [3.05, 3.63) is 65.7 Å². The molecule has 1 aliphatic heterocycles. The zero-order valence-corrected chi connectivity index (χ0v) is 17.4. The van der Waals surface area contributed by atoms with Crippen LogP contribution in [-0.4, -0.2) is 34.3 Å². The Kier molecular flexibility index (Phi) is 5.44. The van der Waals surface area contributed by atoms with Crippen molar-refractivity contribution in [1.29, 1.82) is 5.26 Å². The molecule has 0 radical (unpaired) electrons. The Morgan fingerprint density at radius 3 is 2.74 bits per heavy atom. The van der Waals surface area contributed by atoms with E-state index >= 15 is 0 Å². The Balaban J connectivity index is 1.11. The smallest absolute Gasteiger partial charge is 0.170 e. The second-order valence-corrected chi connectivity index (χ2v) is 8.43. The molecule has 31 heavy (non-hydrogen) atoms. The first-order valence-corrected chi connectivity index (χ1v) is 11.0. The number of aryl methyl sites for hydroxylation is 1. The molecule has 2 aromatic carbocycles. The van der Waals surface area contributed by atoms with Gasteiger partial charge in [-0.1, -0.05) is 11.2 Å². The van der Waals surface area contributed by atoms with Crippen LogP contribution in [0.3, 0.4) is 0 Å². The second-order valence-electron chi connectivity index (χ2n) is 8.43. The first-order chi connectivity index (χ1) is 15.2. The molecule has 0 atom stereocenters. The number of fused-ring (bicyclic) bond motifs is 2. The summed E-state index contributed by atoms with van der Waals surface area (Å²) < 4.78 is 21.0. The lowest BCUT2D eigenvalue weighted by molar-refractivity contribution is 0.205. The summed E-state index contributed by atoms with van der Waals surface area (Å²) in [7, 11) is 0. The largest absolute Gasteiger partial charge is 0.356 e. The number of aromatic nitrogens is 2. The number of unbranched alkanes of at least 4 members (excludes halogenated alkanes) is 1. The van der Waals surface area contributed by atoms with Crippen LogP contribution in [0.1, 0.15) is 42.9 Å². The number of benzene rings is 2. The van der Waals surface area contributed by atoms with Gasteiger partial charge in [-0.25, -0.2) is 4.39 Å². The van der Waals surface area contributed by atoms with Gasteiger partial charge in [0.2, 0.25) is 0 Å². The van der Waals surface area contributed by atoms with Crippen molar-refractivity contribution in [3.63, 3.8) is 0 Å². The van der Waals surface area contributed by atoms with Gasteiger partial charge in [-0.15, -0.1) is 0 Å². The minimum atomic E-state index is -0.288. The standard InChI is InChI=1S/C25H25FN4O/c26-21-5-6-22-24(16-21)31-28-25(22)20-7-12-29(13-8-20)10-1-2-11-30-14-9-19-4-3-18(17-27)15-23(19)30/h3-6,9,14-16,20H,1-2,7-8,10-13H2. The molecule has 5 nitrogen and oxygen atoms in total. The van der Waals surface area contributed by atoms with Gasteiger partial charge in [0.15, 0.2) is 5.58 Å². The van der Waals surface area contributed by atoms with Gasteiger partial charge in [0.05, 0.1) is 17.3 Å². The molecule has 3 heterocycles. The predicted molar refractivity (Wildman–Crippen MR) is 118 cm³/mol. The van der Waals surface area contributed by atoms with Crippen molar-refractivity contribution >= 4 is 21.9 Å². The number of rotatable bonds is 6. The number of hydrogen-bond acceptors (Lipinski definition) is 4. The zero-order valence-electron chi connectivity index (χ0n) is 17.4. The first kappa shape index (κ1) is 19.8. The fourth-order valence-electron chi connectivity index (χ4n) is 4.72. The van der Waals surface area contributed by atoms with Gasteiger partial charge in [0, 0.05) is 35.6 Å². The number of hydrogen-bond donors (Lipinski definition) is 0. The Hall–Kier alpha value is -3.17. The predicted octanol–water partition coefficient (Wildman–Crippen LogP) is 5.45. The SMILES string of the molecule is N#Cc1ccc2ccn(CCCCN3CCC(c4noc5cc(F)ccc45)CC3)c2c1. The average molecular weight is 417 g/mol. The van der Waals surface area contributed by atoms with Gasteiger partial charge < -0.3 is 14.0 Å². The van der Waals surface area contributed by atoms with E-state index in [-0.39, 0.29) is 5.82 Å². The van der Waals surface area contributed by atoms with Crippen LogP contribution in [0.4, 0.5) is 4.39 Å². The molecule has 1 saturated heterocycles. The van der Waals surface area contributed by atoms with Crippen LogP contribution in [0.15, 0.2) is 53.2 Å². The van der Waals surface area contributed by atoms with E-state index in [1.807, 2.05) is 18.2 Å². The maximum atomic E-state index is 13.4. The molecule has 0 amide bonds. The molecule has 2 aromatic heterocycles. The van der Waals surface area contributed by atoms with Crippen molar-refractivity contribution in [2.45, 2.75) is 38.1 Å². The Morgan fingerprint density at radius 2 is 1.90 bits per heavy atom. The highest BCUT2D eigenvalue weighted by atomic mass is 19.1. The molecular weight excluding hydrogens is 391 g/mol. The monoisotopic (exact) mass is 416 g/mol. The lowest BCUT2D eigenvalue weighted by atomic mass is 9.91. The van der Waals surface area contributed by atoms with Crippen molar-refractivity contribution < 1.29 is 8.91 Å². The third-order valence-corrected chi connectivity index (χ3v) is 6.46. The van der Waals surface area contributed by atoms with Crippen molar-refractivity contribution in [2.24, 2.45) is 0 Å². The highest BCUT2D eigenvalue weighted by Gasteiger charge is 2.24. The van der Waals surface area contributed by atoms with E-state index in [4.69, 9.17) is 9.78 Å². The Morgan fingerprint density at radius 1 is 1.06 bits per heavy atom. The number of likely N-dealkylation sites (tertiary alicyclic amines) is 1. The number of nitriles is 1. The van der Waals surface area contributed by atoms with Crippen LogP contribution in [0.2, 0.25) is 0 Å². The minimum absolute atomic E-state index is 0.288. The molecule has 158 valence electrons. The zero-order chi connectivity index (χ0) is 21.2. The van der Waals surface area contributed by atoms with Crippen LogP contribution < -0.4 is 0 Å². The topological polar surface area (TPSA) is 58.0 Å². The van der Waals surface area contributed by atoms with Gasteiger partial charge in [0.25, 0.3) is 0 Å². The number of nitrogens with zero attached hydrogens (tertiary/aromatic N) is 4. The van der Waals surface area contributed by atoms with Gasteiger partial charge in [-0.05, 0) is 81.0 Å². The molecule has 0 spiro atoms. The fraction of sp³-hybridized carbons (Fsp3) is 0.360. The molecule has 4 aromatic rings. The summed E-state index contributed by atoms with van der Waals surface area (Å²) >= 11 is 0. The molecule has 0 N–H and O–H groups in total. The third kappa shape index (κ3) is 4.06. The van der Waals surface area contributed by atoms with Crippen molar-refractivity contribution in [2.75, 3.05) is 19.6 Å². The maximum Gasteiger partial charge on any atom is 0.170 e. The van der Waals surface area contributed by atoms with E-state index in [9.17, 15) is 4.39 Å². The summed E-state index contributed by atoms with van der Waals surface area (Å²) in [6.45, 7) is 4.17. The van der Waals surface area contributed by atoms with Crippen LogP contribution >= 0.6 is 0 Å². The Bertz CT molecular complexity index is 1240. The van der Waals surface area contributed by atoms with E-state index in [2.05, 4.69) is 33.0 Å². The van der Waals surface area contributed by atoms with Crippen LogP contribution in [0.5, 0.6) is 0 Å². The second kappa shape index (κ2) is 8.52.